The maximum Gasteiger partial charge on any atom is 0.257 e. The van der Waals surface area contributed by atoms with Crippen molar-refractivity contribution < 1.29 is 14.3 Å². The maximum absolute atomic E-state index is 12.7. The van der Waals surface area contributed by atoms with Crippen LogP contribution in [0.15, 0.2) is 42.5 Å². The molecule has 7 nitrogen and oxygen atoms in total. The molecule has 8 heteroatoms. The summed E-state index contributed by atoms with van der Waals surface area (Å²) in [6, 6.07) is 13.2. The monoisotopic (exact) mass is 456 g/mol. The van der Waals surface area contributed by atoms with E-state index in [1.807, 2.05) is 26.0 Å². The molecule has 32 heavy (non-hydrogen) atoms. The van der Waals surface area contributed by atoms with Gasteiger partial charge >= 0.3 is 0 Å². The lowest BCUT2D eigenvalue weighted by Crippen LogP contribution is -2.46. The van der Waals surface area contributed by atoms with Gasteiger partial charge in [-0.15, -0.1) is 0 Å². The highest BCUT2D eigenvalue weighted by Gasteiger charge is 2.16. The van der Waals surface area contributed by atoms with E-state index in [9.17, 15) is 4.79 Å². The van der Waals surface area contributed by atoms with Gasteiger partial charge in [0.2, 0.25) is 0 Å². The summed E-state index contributed by atoms with van der Waals surface area (Å²) in [6.07, 6.45) is 0. The SMILES string of the molecule is CCOc1cc(OCC)cc(C(=O)NC(=S)Nc2ccc(N3CCN(CC)CC3)cc2)c1. The molecule has 0 bridgehead atoms. The number of hydrogen-bond acceptors (Lipinski definition) is 6. The van der Waals surface area contributed by atoms with Gasteiger partial charge in [0.25, 0.3) is 5.91 Å². The lowest BCUT2D eigenvalue weighted by Gasteiger charge is -2.35. The number of carbonyl (C=O) groups excluding carboxylic acids is 1. The average molecular weight is 457 g/mol. The molecular weight excluding hydrogens is 424 g/mol. The van der Waals surface area contributed by atoms with Crippen molar-refractivity contribution in [2.45, 2.75) is 20.8 Å². The summed E-state index contributed by atoms with van der Waals surface area (Å²) in [5.74, 6) is 0.839. The molecule has 0 atom stereocenters. The predicted octanol–water partition coefficient (Wildman–Crippen LogP) is 3.75. The minimum Gasteiger partial charge on any atom is -0.494 e. The Labute approximate surface area is 195 Å². The fourth-order valence-electron chi connectivity index (χ4n) is 3.62. The molecule has 0 radical (unpaired) electrons. The number of benzene rings is 2. The molecular formula is C24H32N4O3S. The van der Waals surface area contributed by atoms with E-state index in [0.717, 1.165) is 38.4 Å². The highest BCUT2D eigenvalue weighted by atomic mass is 32.1. The van der Waals surface area contributed by atoms with E-state index in [4.69, 9.17) is 21.7 Å². The summed E-state index contributed by atoms with van der Waals surface area (Å²) >= 11 is 5.34. The van der Waals surface area contributed by atoms with Crippen LogP contribution in [0.4, 0.5) is 11.4 Å². The first-order valence-corrected chi connectivity index (χ1v) is 11.5. The molecule has 2 N–H and O–H groups in total. The lowest BCUT2D eigenvalue weighted by molar-refractivity contribution is 0.0976. The van der Waals surface area contributed by atoms with Gasteiger partial charge in [0, 0.05) is 49.2 Å². The molecule has 0 unspecified atom stereocenters. The van der Waals surface area contributed by atoms with Crippen molar-refractivity contribution in [1.82, 2.24) is 10.2 Å². The number of rotatable bonds is 8. The first-order valence-electron chi connectivity index (χ1n) is 11.1. The van der Waals surface area contributed by atoms with Gasteiger partial charge in [-0.25, -0.2) is 0 Å². The molecule has 2 aromatic rings. The van der Waals surface area contributed by atoms with Gasteiger partial charge in [-0.2, -0.15) is 0 Å². The number of ether oxygens (including phenoxy) is 2. The third-order valence-electron chi connectivity index (χ3n) is 5.30. The number of anilines is 2. The quantitative estimate of drug-likeness (QED) is 0.587. The normalized spacial score (nSPS) is 14.0. The van der Waals surface area contributed by atoms with E-state index in [1.54, 1.807) is 18.2 Å². The van der Waals surface area contributed by atoms with Crippen LogP contribution in [0, 0.1) is 0 Å². The number of thiocarbonyl (C=S) groups is 1. The largest absolute Gasteiger partial charge is 0.494 e. The van der Waals surface area contributed by atoms with Gasteiger partial charge in [-0.1, -0.05) is 6.92 Å². The second-order valence-electron chi connectivity index (χ2n) is 7.44. The van der Waals surface area contributed by atoms with Crippen LogP contribution in [0.3, 0.4) is 0 Å². The van der Waals surface area contributed by atoms with Crippen LogP contribution < -0.4 is 25.0 Å². The fraction of sp³-hybridized carbons (Fsp3) is 0.417. The number of carbonyl (C=O) groups is 1. The van der Waals surface area contributed by atoms with Crippen molar-refractivity contribution in [3.8, 4) is 11.5 Å². The minimum absolute atomic E-state index is 0.235. The van der Waals surface area contributed by atoms with Gasteiger partial charge in [0.05, 0.1) is 13.2 Å². The van der Waals surface area contributed by atoms with Crippen molar-refractivity contribution in [3.63, 3.8) is 0 Å². The molecule has 1 fully saturated rings. The van der Waals surface area contributed by atoms with E-state index in [0.29, 0.717) is 30.3 Å². The van der Waals surface area contributed by atoms with Crippen LogP contribution >= 0.6 is 12.2 Å². The van der Waals surface area contributed by atoms with E-state index in [-0.39, 0.29) is 11.0 Å². The molecule has 1 aliphatic heterocycles. The molecule has 2 aromatic carbocycles. The Bertz CT molecular complexity index is 888. The topological polar surface area (TPSA) is 66.1 Å². The van der Waals surface area contributed by atoms with Crippen LogP contribution in [0.2, 0.25) is 0 Å². The number of nitrogens with one attached hydrogen (secondary N) is 2. The van der Waals surface area contributed by atoms with Crippen LogP contribution in [0.25, 0.3) is 0 Å². The van der Waals surface area contributed by atoms with Gasteiger partial charge in [-0.05, 0) is 69.0 Å². The van der Waals surface area contributed by atoms with Gasteiger partial charge in [0.1, 0.15) is 11.5 Å². The maximum atomic E-state index is 12.7. The van der Waals surface area contributed by atoms with Gasteiger partial charge < -0.3 is 24.6 Å². The number of likely N-dealkylation sites (N-methyl/N-ethyl adjacent to an activating group) is 1. The Morgan fingerprint density at radius 2 is 1.53 bits per heavy atom. The molecule has 0 spiro atoms. The van der Waals surface area contributed by atoms with E-state index in [1.165, 1.54) is 5.69 Å². The zero-order valence-electron chi connectivity index (χ0n) is 19.0. The second kappa shape index (κ2) is 11.7. The van der Waals surface area contributed by atoms with E-state index < -0.39 is 0 Å². The van der Waals surface area contributed by atoms with Crippen LogP contribution in [-0.2, 0) is 0 Å². The first kappa shape index (κ1) is 23.8. The number of amides is 1. The molecule has 0 aromatic heterocycles. The lowest BCUT2D eigenvalue weighted by atomic mass is 10.2. The molecule has 1 heterocycles. The van der Waals surface area contributed by atoms with Gasteiger partial charge in [-0.3, -0.25) is 10.1 Å². The zero-order chi connectivity index (χ0) is 22.9. The van der Waals surface area contributed by atoms with Crippen LogP contribution in [0.1, 0.15) is 31.1 Å². The molecule has 3 rings (SSSR count). The Kier molecular flexibility index (Phi) is 8.70. The average Bonchev–Trinajstić information content (AvgIpc) is 2.80. The summed E-state index contributed by atoms with van der Waals surface area (Å²) in [4.78, 5) is 17.5. The number of nitrogens with zero attached hydrogens (tertiary/aromatic N) is 2. The smallest absolute Gasteiger partial charge is 0.257 e. The molecule has 1 saturated heterocycles. The van der Waals surface area contributed by atoms with Gasteiger partial charge in [0.15, 0.2) is 5.11 Å². The van der Waals surface area contributed by atoms with E-state index in [2.05, 4.69) is 39.5 Å². The van der Waals surface area contributed by atoms with Crippen LogP contribution in [0.5, 0.6) is 11.5 Å². The number of hydrogen-bond donors (Lipinski definition) is 2. The fourth-order valence-corrected chi connectivity index (χ4v) is 3.83. The zero-order valence-corrected chi connectivity index (χ0v) is 19.8. The Balaban J connectivity index is 1.58. The van der Waals surface area contributed by atoms with Crippen molar-refractivity contribution in [2.75, 3.05) is 56.2 Å². The molecule has 0 saturated carbocycles. The Morgan fingerprint density at radius 3 is 2.06 bits per heavy atom. The minimum atomic E-state index is -0.324. The summed E-state index contributed by atoms with van der Waals surface area (Å²) in [5.41, 5.74) is 2.44. The third-order valence-corrected chi connectivity index (χ3v) is 5.51. The highest BCUT2D eigenvalue weighted by Crippen LogP contribution is 2.23. The van der Waals surface area contributed by atoms with Crippen molar-refractivity contribution in [1.29, 1.82) is 0 Å². The summed E-state index contributed by atoms with van der Waals surface area (Å²) in [5, 5.41) is 6.04. The predicted molar refractivity (Wildman–Crippen MR) is 133 cm³/mol. The molecule has 1 amide bonds. The van der Waals surface area contributed by atoms with Crippen molar-refractivity contribution in [2.24, 2.45) is 0 Å². The summed E-state index contributed by atoms with van der Waals surface area (Å²) in [6.45, 7) is 12.3. The van der Waals surface area contributed by atoms with Crippen LogP contribution in [-0.4, -0.2) is 61.9 Å². The molecule has 172 valence electrons. The summed E-state index contributed by atoms with van der Waals surface area (Å²) in [7, 11) is 0. The standard InChI is InChI=1S/C24H32N4O3S/c1-4-27-11-13-28(14-12-27)20-9-7-19(8-10-20)25-24(32)26-23(29)18-15-21(30-5-2)17-22(16-18)31-6-3/h7-10,15-17H,4-6,11-14H2,1-3H3,(H2,25,26,29,32). The second-order valence-corrected chi connectivity index (χ2v) is 7.84. The van der Waals surface area contributed by atoms with Crippen molar-refractivity contribution >= 4 is 34.6 Å². The third kappa shape index (κ3) is 6.58. The first-order chi connectivity index (χ1) is 15.5. The Hall–Kier alpha value is -2.84. The highest BCUT2D eigenvalue weighted by molar-refractivity contribution is 7.80. The number of piperazine rings is 1. The summed E-state index contributed by atoms with van der Waals surface area (Å²) < 4.78 is 11.1. The van der Waals surface area contributed by atoms with E-state index >= 15 is 0 Å². The molecule has 0 aliphatic carbocycles. The van der Waals surface area contributed by atoms with Crippen molar-refractivity contribution in [3.05, 3.63) is 48.0 Å². The Morgan fingerprint density at radius 1 is 0.938 bits per heavy atom. The molecule has 1 aliphatic rings.